The Kier molecular flexibility index (Phi) is 6.62. The van der Waals surface area contributed by atoms with Gasteiger partial charge in [-0.1, -0.05) is 18.9 Å². The van der Waals surface area contributed by atoms with Crippen LogP contribution in [0.3, 0.4) is 0 Å². The lowest BCUT2D eigenvalue weighted by molar-refractivity contribution is -0.116. The molecule has 1 N–H and O–H groups in total. The lowest BCUT2D eigenvalue weighted by Crippen LogP contribution is -2.37. The molecule has 1 aromatic carbocycles. The van der Waals surface area contributed by atoms with Crippen LogP contribution in [0.25, 0.3) is 6.08 Å². The summed E-state index contributed by atoms with van der Waals surface area (Å²) in [4.78, 5) is 13.8. The molecule has 0 unspecified atom stereocenters. The van der Waals surface area contributed by atoms with Gasteiger partial charge in [-0.2, -0.15) is 0 Å². The minimum absolute atomic E-state index is 0.0875. The Morgan fingerprint density at radius 3 is 2.36 bits per heavy atom. The van der Waals surface area contributed by atoms with Crippen LogP contribution in [0, 0.1) is 0 Å². The number of hydrogen-bond donors (Lipinski definition) is 1. The maximum Gasteiger partial charge on any atom is 0.244 e. The second-order valence-electron chi connectivity index (χ2n) is 6.97. The summed E-state index contributed by atoms with van der Waals surface area (Å²) in [7, 11) is 4.71. The molecule has 0 spiro atoms. The van der Waals surface area contributed by atoms with E-state index >= 15 is 0 Å². The van der Waals surface area contributed by atoms with E-state index in [9.17, 15) is 4.79 Å². The molecule has 1 aromatic heterocycles. The van der Waals surface area contributed by atoms with Gasteiger partial charge in [0.15, 0.2) is 11.5 Å². The van der Waals surface area contributed by atoms with E-state index in [0.29, 0.717) is 23.8 Å². The quantitative estimate of drug-likeness (QED) is 0.666. The largest absolute Gasteiger partial charge is 0.493 e. The Labute approximate surface area is 170 Å². The normalized spacial score (nSPS) is 15.5. The van der Waals surface area contributed by atoms with Crippen molar-refractivity contribution in [3.8, 4) is 17.2 Å². The van der Waals surface area contributed by atoms with E-state index in [1.54, 1.807) is 44.8 Å². The molecule has 1 aliphatic rings. The van der Waals surface area contributed by atoms with E-state index in [2.05, 4.69) is 22.8 Å². The van der Waals surface area contributed by atoms with Crippen LogP contribution in [0.4, 0.5) is 0 Å². The van der Waals surface area contributed by atoms with E-state index in [4.69, 9.17) is 14.2 Å². The van der Waals surface area contributed by atoms with Crippen molar-refractivity contribution in [2.75, 3.05) is 27.9 Å². The summed E-state index contributed by atoms with van der Waals surface area (Å²) in [6.07, 6.45) is 8.00. The fraction of sp³-hybridized carbons (Fsp3) is 0.409. The number of amides is 1. The van der Waals surface area contributed by atoms with Gasteiger partial charge in [0.1, 0.15) is 0 Å². The van der Waals surface area contributed by atoms with E-state index in [-0.39, 0.29) is 11.3 Å². The Hall–Kier alpha value is -2.47. The monoisotopic (exact) mass is 401 g/mol. The van der Waals surface area contributed by atoms with Crippen LogP contribution in [-0.2, 0) is 10.2 Å². The summed E-state index contributed by atoms with van der Waals surface area (Å²) in [5, 5.41) is 5.21. The van der Waals surface area contributed by atoms with Crippen molar-refractivity contribution in [2.45, 2.75) is 31.1 Å². The summed E-state index contributed by atoms with van der Waals surface area (Å²) < 4.78 is 16.0. The molecule has 1 amide bonds. The topological polar surface area (TPSA) is 56.8 Å². The van der Waals surface area contributed by atoms with Crippen LogP contribution in [0.15, 0.2) is 35.7 Å². The van der Waals surface area contributed by atoms with E-state index in [1.807, 2.05) is 12.1 Å². The third-order valence-corrected chi connectivity index (χ3v) is 6.44. The second kappa shape index (κ2) is 9.15. The van der Waals surface area contributed by atoms with Crippen molar-refractivity contribution >= 4 is 23.3 Å². The highest BCUT2D eigenvalue weighted by molar-refractivity contribution is 7.10. The number of nitrogens with one attached hydrogen (secondary N) is 1. The van der Waals surface area contributed by atoms with Crippen molar-refractivity contribution in [3.05, 3.63) is 46.2 Å². The van der Waals surface area contributed by atoms with Gasteiger partial charge in [0.25, 0.3) is 0 Å². The summed E-state index contributed by atoms with van der Waals surface area (Å²) in [6.45, 7) is 0.673. The Bertz CT molecular complexity index is 798. The first-order valence-corrected chi connectivity index (χ1v) is 10.3. The van der Waals surface area contributed by atoms with Gasteiger partial charge in [0.2, 0.25) is 11.7 Å². The van der Waals surface area contributed by atoms with Crippen molar-refractivity contribution in [2.24, 2.45) is 0 Å². The minimum atomic E-state index is -0.100. The average molecular weight is 402 g/mol. The van der Waals surface area contributed by atoms with Crippen LogP contribution in [0.1, 0.15) is 36.1 Å². The SMILES string of the molecule is COc1cc(/C=C/C(=O)NCC2(c3cccs3)CCCC2)cc(OC)c1OC. The maximum atomic E-state index is 12.4. The zero-order chi connectivity index (χ0) is 20.0. The van der Waals surface area contributed by atoms with Crippen molar-refractivity contribution in [1.82, 2.24) is 5.32 Å². The molecule has 1 saturated carbocycles. The van der Waals surface area contributed by atoms with Gasteiger partial charge < -0.3 is 19.5 Å². The summed E-state index contributed by atoms with van der Waals surface area (Å²) >= 11 is 1.78. The smallest absolute Gasteiger partial charge is 0.244 e. The van der Waals surface area contributed by atoms with Gasteiger partial charge in [0, 0.05) is 22.9 Å². The third kappa shape index (κ3) is 4.33. The molecule has 0 saturated heterocycles. The standard InChI is InChI=1S/C22H27NO4S/c1-25-17-13-16(14-18(26-2)21(17)27-3)8-9-20(24)23-15-22(10-4-5-11-22)19-7-6-12-28-19/h6-9,12-14H,4-5,10-11,15H2,1-3H3,(H,23,24)/b9-8+. The lowest BCUT2D eigenvalue weighted by atomic mass is 9.84. The molecule has 28 heavy (non-hydrogen) atoms. The molecule has 0 atom stereocenters. The zero-order valence-electron chi connectivity index (χ0n) is 16.6. The maximum absolute atomic E-state index is 12.4. The predicted molar refractivity (Wildman–Crippen MR) is 113 cm³/mol. The average Bonchev–Trinajstić information content (AvgIpc) is 3.42. The highest BCUT2D eigenvalue weighted by atomic mass is 32.1. The Balaban J connectivity index is 1.68. The minimum Gasteiger partial charge on any atom is -0.493 e. The summed E-state index contributed by atoms with van der Waals surface area (Å²) in [5.41, 5.74) is 0.892. The van der Waals surface area contributed by atoms with Gasteiger partial charge in [0.05, 0.1) is 21.3 Å². The molecular formula is C22H27NO4S. The highest BCUT2D eigenvalue weighted by Gasteiger charge is 2.36. The van der Waals surface area contributed by atoms with Crippen LogP contribution in [0.5, 0.6) is 17.2 Å². The van der Waals surface area contributed by atoms with Gasteiger partial charge in [-0.05, 0) is 48.1 Å². The molecule has 5 nitrogen and oxygen atoms in total. The van der Waals surface area contributed by atoms with Crippen LogP contribution in [-0.4, -0.2) is 33.8 Å². The Morgan fingerprint density at radius 2 is 1.82 bits per heavy atom. The van der Waals surface area contributed by atoms with Gasteiger partial charge in [-0.15, -0.1) is 11.3 Å². The predicted octanol–water partition coefficient (Wildman–Crippen LogP) is 4.42. The third-order valence-electron chi connectivity index (χ3n) is 5.32. The first-order valence-electron chi connectivity index (χ1n) is 9.42. The molecule has 2 aromatic rings. The Morgan fingerprint density at radius 1 is 1.14 bits per heavy atom. The number of benzene rings is 1. The van der Waals surface area contributed by atoms with E-state index < -0.39 is 0 Å². The highest BCUT2D eigenvalue weighted by Crippen LogP contribution is 2.42. The number of carbonyl (C=O) groups is 1. The van der Waals surface area contributed by atoms with Gasteiger partial charge >= 0.3 is 0 Å². The molecular weight excluding hydrogens is 374 g/mol. The molecule has 1 fully saturated rings. The van der Waals surface area contributed by atoms with E-state index in [0.717, 1.165) is 18.4 Å². The molecule has 0 bridgehead atoms. The van der Waals surface area contributed by atoms with Gasteiger partial charge in [-0.3, -0.25) is 4.79 Å². The number of hydrogen-bond acceptors (Lipinski definition) is 5. The van der Waals surface area contributed by atoms with Crippen LogP contribution >= 0.6 is 11.3 Å². The lowest BCUT2D eigenvalue weighted by Gasteiger charge is -2.28. The number of rotatable bonds is 8. The number of ether oxygens (including phenoxy) is 3. The second-order valence-corrected chi connectivity index (χ2v) is 7.92. The van der Waals surface area contributed by atoms with Gasteiger partial charge in [-0.25, -0.2) is 0 Å². The number of thiophene rings is 1. The van der Waals surface area contributed by atoms with Crippen molar-refractivity contribution in [3.63, 3.8) is 0 Å². The van der Waals surface area contributed by atoms with Crippen molar-refractivity contribution < 1.29 is 19.0 Å². The first-order chi connectivity index (χ1) is 13.6. The molecule has 1 heterocycles. The summed E-state index contributed by atoms with van der Waals surface area (Å²) in [5.74, 6) is 1.55. The molecule has 0 radical (unpaired) electrons. The van der Waals surface area contributed by atoms with Crippen molar-refractivity contribution in [1.29, 1.82) is 0 Å². The molecule has 6 heteroatoms. The van der Waals surface area contributed by atoms with Crippen LogP contribution < -0.4 is 19.5 Å². The molecule has 150 valence electrons. The molecule has 1 aliphatic carbocycles. The number of carbonyl (C=O) groups excluding carboxylic acids is 1. The fourth-order valence-electron chi connectivity index (χ4n) is 3.83. The first kappa shape index (κ1) is 20.3. The fourth-order valence-corrected chi connectivity index (χ4v) is 4.81. The molecule has 0 aliphatic heterocycles. The van der Waals surface area contributed by atoms with E-state index in [1.165, 1.54) is 17.7 Å². The number of methoxy groups -OCH3 is 3. The summed E-state index contributed by atoms with van der Waals surface area (Å²) in [6, 6.07) is 7.91. The zero-order valence-corrected chi connectivity index (χ0v) is 17.4. The molecule has 3 rings (SSSR count). The van der Waals surface area contributed by atoms with Crippen LogP contribution in [0.2, 0.25) is 0 Å².